The maximum Gasteiger partial charge on any atom is 0.407 e. The average Bonchev–Trinajstić information content (AvgIpc) is 3.14. The van der Waals surface area contributed by atoms with Crippen molar-refractivity contribution in [2.24, 2.45) is 13.0 Å². The van der Waals surface area contributed by atoms with Gasteiger partial charge in [0.25, 0.3) is 0 Å². The number of piperidine rings is 2. The number of benzene rings is 1. The number of imide groups is 1. The fourth-order valence-corrected chi connectivity index (χ4v) is 5.88. The Kier molecular flexibility index (Phi) is 8.50. The number of hydrogen-bond acceptors (Lipinski definition) is 5. The Morgan fingerprint density at radius 3 is 2.56 bits per heavy atom. The van der Waals surface area contributed by atoms with Crippen molar-refractivity contribution >= 4 is 28.9 Å². The highest BCUT2D eigenvalue weighted by Gasteiger charge is 2.32. The van der Waals surface area contributed by atoms with Gasteiger partial charge in [0.1, 0.15) is 6.04 Å². The van der Waals surface area contributed by atoms with E-state index in [1.54, 1.807) is 14.1 Å². The monoisotopic (exact) mass is 537 g/mol. The number of para-hydroxylation sites is 1. The van der Waals surface area contributed by atoms with Crippen LogP contribution in [-0.2, 0) is 16.6 Å². The van der Waals surface area contributed by atoms with Crippen molar-refractivity contribution in [3.05, 3.63) is 34.2 Å². The van der Waals surface area contributed by atoms with E-state index in [0.29, 0.717) is 29.9 Å². The molecule has 10 nitrogen and oxygen atoms in total. The number of unbranched alkanes of at least 4 members (excludes halogenated alkanes) is 1. The van der Waals surface area contributed by atoms with Gasteiger partial charge in [0.2, 0.25) is 11.8 Å². The summed E-state index contributed by atoms with van der Waals surface area (Å²) in [5.41, 5.74) is 1.81. The smallest absolute Gasteiger partial charge is 0.407 e. The summed E-state index contributed by atoms with van der Waals surface area (Å²) in [6, 6.07) is 4.83. The van der Waals surface area contributed by atoms with Gasteiger partial charge < -0.3 is 10.0 Å². The van der Waals surface area contributed by atoms with Crippen LogP contribution in [0.15, 0.2) is 23.0 Å². The fraction of sp³-hybridized carbons (Fsp3) is 0.586. The number of amides is 3. The normalized spacial score (nSPS) is 19.0. The van der Waals surface area contributed by atoms with E-state index in [0.717, 1.165) is 50.8 Å². The lowest BCUT2D eigenvalue weighted by Crippen LogP contribution is -2.49. The molecule has 2 saturated heterocycles. The van der Waals surface area contributed by atoms with E-state index in [2.05, 4.69) is 35.9 Å². The first-order valence-corrected chi connectivity index (χ1v) is 13.7. The molecule has 4 rings (SSSR count). The molecule has 2 aromatic rings. The number of nitrogens with zero attached hydrogens (tertiary/aromatic N) is 4. The number of carboxylic acid groups (broad SMARTS) is 1. The molecule has 0 spiro atoms. The SMILES string of the molecule is CN(CC1CCN(C(C)(C)CCCC#Cc2cccc3c2n(C)c(=O)n3C2CCC(=O)NC2=O)CC1)C(=O)O. The summed E-state index contributed by atoms with van der Waals surface area (Å²) in [4.78, 5) is 52.1. The number of imidazole rings is 1. The topological polar surface area (TPSA) is 117 Å². The molecule has 0 aliphatic carbocycles. The molecule has 1 atom stereocenters. The van der Waals surface area contributed by atoms with Gasteiger partial charge in [-0.2, -0.15) is 0 Å². The molecule has 3 heterocycles. The Balaban J connectivity index is 1.37. The Morgan fingerprint density at radius 2 is 1.90 bits per heavy atom. The molecule has 1 aromatic heterocycles. The lowest BCUT2D eigenvalue weighted by Gasteiger charge is -2.43. The highest BCUT2D eigenvalue weighted by molar-refractivity contribution is 6.00. The molecular formula is C29H39N5O5. The summed E-state index contributed by atoms with van der Waals surface area (Å²) in [5.74, 6) is 6.18. The van der Waals surface area contributed by atoms with Crippen molar-refractivity contribution in [3.8, 4) is 11.8 Å². The van der Waals surface area contributed by atoms with E-state index >= 15 is 0 Å². The number of rotatable bonds is 7. The molecule has 2 aliphatic rings. The fourth-order valence-electron chi connectivity index (χ4n) is 5.88. The van der Waals surface area contributed by atoms with Gasteiger partial charge >= 0.3 is 11.8 Å². The second kappa shape index (κ2) is 11.7. The third-order valence-electron chi connectivity index (χ3n) is 8.27. The first-order valence-electron chi connectivity index (χ1n) is 13.7. The first kappa shape index (κ1) is 28.4. The van der Waals surface area contributed by atoms with Crippen molar-refractivity contribution in [2.45, 2.75) is 70.4 Å². The molecule has 2 aliphatic heterocycles. The van der Waals surface area contributed by atoms with Crippen LogP contribution >= 0.6 is 0 Å². The molecule has 210 valence electrons. The van der Waals surface area contributed by atoms with Crippen LogP contribution in [0.25, 0.3) is 11.0 Å². The molecule has 2 fully saturated rings. The number of likely N-dealkylation sites (tertiary alicyclic amines) is 1. The molecular weight excluding hydrogens is 498 g/mol. The molecule has 2 N–H and O–H groups in total. The zero-order valence-electron chi connectivity index (χ0n) is 23.3. The van der Waals surface area contributed by atoms with Crippen molar-refractivity contribution in [1.29, 1.82) is 0 Å². The Bertz CT molecular complexity index is 1370. The largest absolute Gasteiger partial charge is 0.465 e. The number of fused-ring (bicyclic) bond motifs is 1. The Morgan fingerprint density at radius 1 is 1.18 bits per heavy atom. The van der Waals surface area contributed by atoms with Crippen molar-refractivity contribution in [1.82, 2.24) is 24.3 Å². The quantitative estimate of drug-likeness (QED) is 0.319. The highest BCUT2D eigenvalue weighted by atomic mass is 16.4. The van der Waals surface area contributed by atoms with E-state index in [1.165, 1.54) is 14.0 Å². The van der Waals surface area contributed by atoms with E-state index < -0.39 is 18.0 Å². The van der Waals surface area contributed by atoms with Crippen LogP contribution in [0.4, 0.5) is 4.79 Å². The Hall–Kier alpha value is -3.58. The summed E-state index contributed by atoms with van der Waals surface area (Å²) >= 11 is 0. The lowest BCUT2D eigenvalue weighted by molar-refractivity contribution is -0.135. The van der Waals surface area contributed by atoms with Gasteiger partial charge in [-0.3, -0.25) is 28.9 Å². The Labute approximate surface area is 228 Å². The van der Waals surface area contributed by atoms with E-state index in [1.807, 2.05) is 18.2 Å². The van der Waals surface area contributed by atoms with Crippen molar-refractivity contribution in [2.75, 3.05) is 26.7 Å². The number of carbonyl (C=O) groups is 3. The number of hydrogen-bond donors (Lipinski definition) is 2. The van der Waals surface area contributed by atoms with E-state index in [-0.39, 0.29) is 23.6 Å². The van der Waals surface area contributed by atoms with E-state index in [4.69, 9.17) is 5.11 Å². The van der Waals surface area contributed by atoms with Crippen molar-refractivity contribution in [3.63, 3.8) is 0 Å². The lowest BCUT2D eigenvalue weighted by atomic mass is 9.89. The van der Waals surface area contributed by atoms with Gasteiger partial charge in [0.05, 0.1) is 16.6 Å². The van der Waals surface area contributed by atoms with Crippen LogP contribution in [0.5, 0.6) is 0 Å². The summed E-state index contributed by atoms with van der Waals surface area (Å²) in [7, 11) is 3.32. The second-order valence-electron chi connectivity index (χ2n) is 11.4. The van der Waals surface area contributed by atoms with Crippen LogP contribution in [0.3, 0.4) is 0 Å². The second-order valence-corrected chi connectivity index (χ2v) is 11.4. The summed E-state index contributed by atoms with van der Waals surface area (Å²) in [6.07, 6.45) is 4.29. The van der Waals surface area contributed by atoms with Gasteiger partial charge in [-0.15, -0.1) is 0 Å². The predicted molar refractivity (Wildman–Crippen MR) is 148 cm³/mol. The minimum Gasteiger partial charge on any atom is -0.465 e. The zero-order chi connectivity index (χ0) is 28.3. The third kappa shape index (κ3) is 6.19. The molecule has 0 saturated carbocycles. The molecule has 0 bridgehead atoms. The molecule has 3 amide bonds. The molecule has 0 radical (unpaired) electrons. The van der Waals surface area contributed by atoms with Gasteiger partial charge in [0, 0.05) is 39.0 Å². The molecule has 39 heavy (non-hydrogen) atoms. The summed E-state index contributed by atoms with van der Waals surface area (Å²) in [5, 5.41) is 11.5. The van der Waals surface area contributed by atoms with Crippen molar-refractivity contribution < 1.29 is 19.5 Å². The third-order valence-corrected chi connectivity index (χ3v) is 8.27. The van der Waals surface area contributed by atoms with Gasteiger partial charge in [-0.05, 0) is 77.1 Å². The maximum absolute atomic E-state index is 13.1. The number of nitrogens with one attached hydrogen (secondary N) is 1. The van der Waals surface area contributed by atoms with Crippen LogP contribution in [0.2, 0.25) is 0 Å². The standard InChI is InChI=1S/C29H39N5O5/c1-29(2,33-17-14-20(15-18-33)19-31(3)28(38)39)16-7-5-6-9-21-10-8-11-22-25(21)32(4)27(37)34(22)23-12-13-24(35)30-26(23)36/h8,10-11,20,23H,5,7,12-19H2,1-4H3,(H,38,39)(H,30,35,36). The molecule has 10 heteroatoms. The average molecular weight is 538 g/mol. The number of aryl methyl sites for hydroxylation is 1. The minimum atomic E-state index is -0.871. The number of aromatic nitrogens is 2. The molecule has 1 unspecified atom stereocenters. The van der Waals surface area contributed by atoms with Gasteiger partial charge in [-0.25, -0.2) is 9.59 Å². The van der Waals surface area contributed by atoms with Crippen LogP contribution < -0.4 is 11.0 Å². The number of carbonyl (C=O) groups excluding carboxylic acids is 2. The summed E-state index contributed by atoms with van der Waals surface area (Å²) < 4.78 is 3.01. The highest BCUT2D eigenvalue weighted by Crippen LogP contribution is 2.28. The zero-order valence-corrected chi connectivity index (χ0v) is 23.3. The minimum absolute atomic E-state index is 0.0361. The molecule has 1 aromatic carbocycles. The van der Waals surface area contributed by atoms with E-state index in [9.17, 15) is 19.2 Å². The van der Waals surface area contributed by atoms with Crippen LogP contribution in [0, 0.1) is 17.8 Å². The van der Waals surface area contributed by atoms with Gasteiger partial charge in [-0.1, -0.05) is 17.9 Å². The van der Waals surface area contributed by atoms with Crippen LogP contribution in [-0.4, -0.2) is 74.2 Å². The predicted octanol–water partition coefficient (Wildman–Crippen LogP) is 2.94. The summed E-state index contributed by atoms with van der Waals surface area (Å²) in [6.45, 7) is 7.05. The van der Waals surface area contributed by atoms with Gasteiger partial charge in [0.15, 0.2) is 0 Å². The first-order chi connectivity index (χ1) is 18.5. The maximum atomic E-state index is 13.1. The van der Waals surface area contributed by atoms with Crippen LogP contribution in [0.1, 0.15) is 70.4 Å².